The number of aromatic nitrogens is 4. The Morgan fingerprint density at radius 1 is 1.43 bits per heavy atom. The number of nitrogens with two attached hydrogens (primary N) is 1. The highest BCUT2D eigenvalue weighted by Crippen LogP contribution is 2.33. The molecule has 23 heavy (non-hydrogen) atoms. The molecular weight excluding hydrogens is 433 g/mol. The van der Waals surface area contributed by atoms with Crippen LogP contribution in [0.3, 0.4) is 0 Å². The Balaban J connectivity index is 1.88. The van der Waals surface area contributed by atoms with Crippen molar-refractivity contribution >= 4 is 51.3 Å². The summed E-state index contributed by atoms with van der Waals surface area (Å²) >= 11 is 3.54. The van der Waals surface area contributed by atoms with Crippen molar-refractivity contribution in [2.45, 2.75) is 24.5 Å². The van der Waals surface area contributed by atoms with Crippen LogP contribution in [0.5, 0.6) is 0 Å². The predicted octanol–water partition coefficient (Wildman–Crippen LogP) is 0.551. The molecule has 8 nitrogen and oxygen atoms in total. The van der Waals surface area contributed by atoms with Gasteiger partial charge in [-0.15, -0.1) is 6.58 Å². The molecule has 0 amide bonds. The van der Waals surface area contributed by atoms with Crippen LogP contribution in [-0.2, 0) is 4.74 Å². The molecule has 1 fully saturated rings. The molecule has 10 heteroatoms. The van der Waals surface area contributed by atoms with E-state index in [4.69, 9.17) is 10.5 Å². The zero-order valence-corrected chi connectivity index (χ0v) is 15.0. The Hall–Kier alpha value is -0.950. The maximum absolute atomic E-state index is 10.3. The lowest BCUT2D eigenvalue weighted by molar-refractivity contribution is -0.0289. The van der Waals surface area contributed by atoms with Crippen LogP contribution < -0.4 is 5.73 Å². The van der Waals surface area contributed by atoms with Crippen molar-refractivity contribution in [3.05, 3.63) is 22.8 Å². The van der Waals surface area contributed by atoms with Crippen molar-refractivity contribution in [1.29, 1.82) is 0 Å². The van der Waals surface area contributed by atoms with Gasteiger partial charge in [-0.05, 0) is 0 Å². The molecule has 3 rings (SSSR count). The van der Waals surface area contributed by atoms with Crippen LogP contribution in [0.1, 0.15) is 6.23 Å². The Bertz CT molecular complexity index is 727. The molecule has 4 N–H and O–H groups in total. The zero-order valence-electron chi connectivity index (χ0n) is 12.0. The highest BCUT2D eigenvalue weighted by Gasteiger charge is 2.44. The van der Waals surface area contributed by atoms with Gasteiger partial charge >= 0.3 is 0 Å². The number of fused-ring (bicyclic) bond motifs is 1. The fourth-order valence-corrected chi connectivity index (χ4v) is 3.76. The number of nitrogens with zero attached hydrogens (tertiary/aromatic N) is 4. The highest BCUT2D eigenvalue weighted by molar-refractivity contribution is 14.1. The Labute approximate surface area is 150 Å². The lowest BCUT2D eigenvalue weighted by Gasteiger charge is -2.16. The molecule has 4 atom stereocenters. The van der Waals surface area contributed by atoms with Gasteiger partial charge in [0.25, 0.3) is 0 Å². The lowest BCUT2D eigenvalue weighted by atomic mass is 10.1. The number of aliphatic hydroxyl groups is 2. The van der Waals surface area contributed by atoms with E-state index in [2.05, 4.69) is 21.5 Å². The number of hydrogen-bond acceptors (Lipinski definition) is 8. The molecule has 1 aliphatic heterocycles. The van der Waals surface area contributed by atoms with Gasteiger partial charge in [-0.3, -0.25) is 4.57 Å². The van der Waals surface area contributed by atoms with E-state index >= 15 is 0 Å². The minimum Gasteiger partial charge on any atom is -0.387 e. The Kier molecular flexibility index (Phi) is 5.06. The summed E-state index contributed by atoms with van der Waals surface area (Å²) in [5.74, 6) is 1.58. The van der Waals surface area contributed by atoms with Crippen LogP contribution in [0.4, 0.5) is 5.82 Å². The van der Waals surface area contributed by atoms with E-state index in [0.717, 1.165) is 5.75 Å². The number of halogens is 1. The number of ether oxygens (including phenoxy) is 1. The second-order valence-corrected chi connectivity index (χ2v) is 7.11. The molecular formula is C13H16IN5O3S. The maximum atomic E-state index is 10.3. The van der Waals surface area contributed by atoms with Crippen LogP contribution >= 0.6 is 34.4 Å². The molecule has 0 spiro atoms. The second-order valence-electron chi connectivity index (χ2n) is 5.07. The summed E-state index contributed by atoms with van der Waals surface area (Å²) in [5, 5.41) is 20.5. The molecule has 0 radical (unpaired) electrons. The summed E-state index contributed by atoms with van der Waals surface area (Å²) in [5.41, 5.74) is 6.76. The number of nitrogen functional groups attached to an aromatic ring is 1. The third-order valence-corrected chi connectivity index (χ3v) is 5.07. The average Bonchev–Trinajstić information content (AvgIpc) is 3.04. The molecule has 0 bridgehead atoms. The van der Waals surface area contributed by atoms with Crippen LogP contribution in [0.15, 0.2) is 19.0 Å². The molecule has 0 aliphatic carbocycles. The summed E-state index contributed by atoms with van der Waals surface area (Å²) in [6.07, 6.45) is -0.0231. The quantitative estimate of drug-likeness (QED) is 0.262. The topological polar surface area (TPSA) is 119 Å². The van der Waals surface area contributed by atoms with E-state index in [-0.39, 0.29) is 5.82 Å². The number of thioether (sulfide) groups is 1. The first kappa shape index (κ1) is 16.9. The van der Waals surface area contributed by atoms with Crippen LogP contribution in [-0.4, -0.2) is 59.5 Å². The first-order chi connectivity index (χ1) is 11.0. The summed E-state index contributed by atoms with van der Waals surface area (Å²) in [7, 11) is 0. The highest BCUT2D eigenvalue weighted by atomic mass is 127. The SMILES string of the molecule is C=CCSC[C@H]1O[C@@H](n2cnc3c(N)nc(I)nc32)[C@H](O)[C@@H]1O. The van der Waals surface area contributed by atoms with E-state index in [0.29, 0.717) is 20.7 Å². The van der Waals surface area contributed by atoms with E-state index < -0.39 is 24.5 Å². The van der Waals surface area contributed by atoms with E-state index in [1.165, 1.54) is 6.33 Å². The normalized spacial score (nSPS) is 27.6. The molecule has 3 heterocycles. The van der Waals surface area contributed by atoms with Crippen LogP contribution in [0.25, 0.3) is 11.2 Å². The molecule has 124 valence electrons. The standard InChI is InChI=1S/C13H16IN5O3S/c1-2-3-23-4-6-8(20)9(21)12(22-6)19-5-16-7-10(15)17-13(14)18-11(7)19/h2,5-6,8-9,12,20-21H,1,3-4H2,(H2,15,17,18)/t6-,8-,9-,12-/m1/s1. The fourth-order valence-electron chi connectivity index (χ4n) is 2.46. The van der Waals surface area contributed by atoms with Gasteiger partial charge in [-0.25, -0.2) is 15.0 Å². The minimum atomic E-state index is -1.07. The Morgan fingerprint density at radius 2 is 2.22 bits per heavy atom. The van der Waals surface area contributed by atoms with Gasteiger partial charge in [-0.2, -0.15) is 11.8 Å². The second kappa shape index (κ2) is 6.89. The van der Waals surface area contributed by atoms with Crippen LogP contribution in [0.2, 0.25) is 0 Å². The van der Waals surface area contributed by atoms with Gasteiger partial charge in [0.15, 0.2) is 21.5 Å². The molecule has 1 aliphatic rings. The molecule has 0 unspecified atom stereocenters. The maximum Gasteiger partial charge on any atom is 0.194 e. The van der Waals surface area contributed by atoms with E-state index in [9.17, 15) is 10.2 Å². The summed E-state index contributed by atoms with van der Waals surface area (Å²) in [6.45, 7) is 3.65. The van der Waals surface area contributed by atoms with Crippen molar-refractivity contribution in [3.8, 4) is 0 Å². The molecule has 0 saturated carbocycles. The summed E-state index contributed by atoms with van der Waals surface area (Å²) in [4.78, 5) is 12.5. The van der Waals surface area contributed by atoms with Gasteiger partial charge in [0.05, 0.1) is 12.4 Å². The number of rotatable bonds is 5. The average molecular weight is 449 g/mol. The third-order valence-electron chi connectivity index (χ3n) is 3.55. The smallest absolute Gasteiger partial charge is 0.194 e. The number of aliphatic hydroxyl groups excluding tert-OH is 2. The summed E-state index contributed by atoms with van der Waals surface area (Å²) in [6, 6.07) is 0. The van der Waals surface area contributed by atoms with Crippen molar-refractivity contribution < 1.29 is 14.9 Å². The molecule has 2 aromatic rings. The number of imidazole rings is 1. The lowest BCUT2D eigenvalue weighted by Crippen LogP contribution is -2.32. The summed E-state index contributed by atoms with van der Waals surface area (Å²) < 4.78 is 7.89. The van der Waals surface area contributed by atoms with Crippen molar-refractivity contribution in [2.24, 2.45) is 0 Å². The van der Waals surface area contributed by atoms with Gasteiger partial charge in [0.1, 0.15) is 17.7 Å². The Morgan fingerprint density at radius 3 is 2.96 bits per heavy atom. The fraction of sp³-hybridized carbons (Fsp3) is 0.462. The monoisotopic (exact) mass is 449 g/mol. The molecule has 2 aromatic heterocycles. The number of anilines is 1. The molecule has 1 saturated heterocycles. The predicted molar refractivity (Wildman–Crippen MR) is 95.9 cm³/mol. The first-order valence-corrected chi connectivity index (χ1v) is 9.12. The van der Waals surface area contributed by atoms with Crippen LogP contribution in [0, 0.1) is 3.83 Å². The van der Waals surface area contributed by atoms with Gasteiger partial charge in [0.2, 0.25) is 0 Å². The van der Waals surface area contributed by atoms with Gasteiger partial charge in [0, 0.05) is 34.1 Å². The van der Waals surface area contributed by atoms with E-state index in [1.54, 1.807) is 22.4 Å². The number of hydrogen-bond donors (Lipinski definition) is 3. The van der Waals surface area contributed by atoms with Crippen molar-refractivity contribution in [2.75, 3.05) is 17.2 Å². The largest absolute Gasteiger partial charge is 0.387 e. The molecule has 0 aromatic carbocycles. The van der Waals surface area contributed by atoms with Crippen molar-refractivity contribution in [1.82, 2.24) is 19.5 Å². The van der Waals surface area contributed by atoms with Gasteiger partial charge < -0.3 is 20.7 Å². The third kappa shape index (κ3) is 3.18. The van der Waals surface area contributed by atoms with Gasteiger partial charge in [-0.1, -0.05) is 6.08 Å². The van der Waals surface area contributed by atoms with E-state index in [1.807, 2.05) is 22.6 Å². The zero-order chi connectivity index (χ0) is 16.6. The minimum absolute atomic E-state index is 0.268. The van der Waals surface area contributed by atoms with Crippen molar-refractivity contribution in [3.63, 3.8) is 0 Å². The first-order valence-electron chi connectivity index (χ1n) is 6.88.